The van der Waals surface area contributed by atoms with Gasteiger partial charge >= 0.3 is 0 Å². The molecule has 0 bridgehead atoms. The van der Waals surface area contributed by atoms with Crippen LogP contribution in [0, 0.1) is 13.8 Å². The summed E-state index contributed by atoms with van der Waals surface area (Å²) in [6.07, 6.45) is 0.702. The molecule has 28 heavy (non-hydrogen) atoms. The molecule has 0 radical (unpaired) electrons. The molecule has 5 nitrogen and oxygen atoms in total. The lowest BCUT2D eigenvalue weighted by Gasteiger charge is -2.20. The second kappa shape index (κ2) is 9.93. The number of carbonyl (C=O) groups is 2. The van der Waals surface area contributed by atoms with Gasteiger partial charge in [0.15, 0.2) is 6.10 Å². The van der Waals surface area contributed by atoms with Crippen molar-refractivity contribution in [3.63, 3.8) is 0 Å². The maximum atomic E-state index is 12.8. The summed E-state index contributed by atoms with van der Waals surface area (Å²) in [5.41, 5.74) is 3.05. The summed E-state index contributed by atoms with van der Waals surface area (Å²) in [6, 6.07) is 12.9. The third-order valence-corrected chi connectivity index (χ3v) is 4.91. The number of aryl methyl sites for hydroxylation is 1. The van der Waals surface area contributed by atoms with Crippen molar-refractivity contribution >= 4 is 17.5 Å². The van der Waals surface area contributed by atoms with E-state index in [2.05, 4.69) is 10.6 Å². The van der Waals surface area contributed by atoms with Crippen LogP contribution in [0.2, 0.25) is 0 Å². The molecule has 2 unspecified atom stereocenters. The SMILES string of the molecule is CCC(C)NC(=O)c1ccccc1NC(=O)C(CC)Oc1cccc(C)c1C. The number of hydrogen-bond acceptors (Lipinski definition) is 3. The van der Waals surface area contributed by atoms with Gasteiger partial charge in [-0.15, -0.1) is 0 Å². The summed E-state index contributed by atoms with van der Waals surface area (Å²) in [7, 11) is 0. The lowest BCUT2D eigenvalue weighted by molar-refractivity contribution is -0.122. The van der Waals surface area contributed by atoms with Crippen LogP contribution in [-0.2, 0) is 4.79 Å². The third kappa shape index (κ3) is 5.35. The fraction of sp³-hybridized carbons (Fsp3) is 0.391. The highest BCUT2D eigenvalue weighted by atomic mass is 16.5. The van der Waals surface area contributed by atoms with E-state index in [0.717, 1.165) is 17.5 Å². The Bertz CT molecular complexity index is 832. The number of para-hydroxylation sites is 1. The standard InChI is InChI=1S/C23H30N2O3/c1-6-16(4)24-22(26)18-12-8-9-13-19(18)25-23(27)20(7-2)28-21-14-10-11-15(3)17(21)5/h8-14,16,20H,6-7H2,1-5H3,(H,24,26)(H,25,27). The van der Waals surface area contributed by atoms with E-state index in [4.69, 9.17) is 4.74 Å². The predicted octanol–water partition coefficient (Wildman–Crippen LogP) is 4.63. The molecule has 0 aliphatic rings. The average Bonchev–Trinajstić information content (AvgIpc) is 2.69. The fourth-order valence-electron chi connectivity index (χ4n) is 2.73. The predicted molar refractivity (Wildman–Crippen MR) is 113 cm³/mol. The lowest BCUT2D eigenvalue weighted by atomic mass is 10.1. The van der Waals surface area contributed by atoms with Gasteiger partial charge in [-0.3, -0.25) is 9.59 Å². The van der Waals surface area contributed by atoms with Crippen molar-refractivity contribution in [1.82, 2.24) is 5.32 Å². The second-order valence-electron chi connectivity index (χ2n) is 7.03. The Morgan fingerprint density at radius 2 is 1.71 bits per heavy atom. The first-order valence-corrected chi connectivity index (χ1v) is 9.80. The van der Waals surface area contributed by atoms with Gasteiger partial charge in [-0.05, 0) is 62.9 Å². The average molecular weight is 383 g/mol. The van der Waals surface area contributed by atoms with Gasteiger partial charge < -0.3 is 15.4 Å². The van der Waals surface area contributed by atoms with Crippen LogP contribution >= 0.6 is 0 Å². The van der Waals surface area contributed by atoms with Crippen molar-refractivity contribution in [2.45, 2.75) is 59.6 Å². The Labute approximate surface area is 167 Å². The molecule has 0 spiro atoms. The number of rotatable bonds is 8. The van der Waals surface area contributed by atoms with Crippen LogP contribution in [0.4, 0.5) is 5.69 Å². The Morgan fingerprint density at radius 1 is 1.00 bits per heavy atom. The van der Waals surface area contributed by atoms with E-state index >= 15 is 0 Å². The molecule has 2 amide bonds. The second-order valence-corrected chi connectivity index (χ2v) is 7.03. The first-order valence-electron chi connectivity index (χ1n) is 9.80. The first kappa shape index (κ1) is 21.5. The van der Waals surface area contributed by atoms with Crippen LogP contribution in [0.1, 0.15) is 55.1 Å². The molecule has 2 rings (SSSR count). The number of hydrogen-bond donors (Lipinski definition) is 2. The minimum atomic E-state index is -0.647. The number of benzene rings is 2. The largest absolute Gasteiger partial charge is 0.480 e. The molecule has 150 valence electrons. The molecule has 2 N–H and O–H groups in total. The van der Waals surface area contributed by atoms with Crippen molar-refractivity contribution in [2.24, 2.45) is 0 Å². The highest BCUT2D eigenvalue weighted by Crippen LogP contribution is 2.23. The molecule has 0 saturated heterocycles. The number of anilines is 1. The van der Waals surface area contributed by atoms with Crippen molar-refractivity contribution in [3.8, 4) is 5.75 Å². The van der Waals surface area contributed by atoms with E-state index in [1.54, 1.807) is 24.3 Å². The summed E-state index contributed by atoms with van der Waals surface area (Å²) in [6.45, 7) is 9.84. The molecule has 2 aromatic carbocycles. The fourth-order valence-corrected chi connectivity index (χ4v) is 2.73. The normalized spacial score (nSPS) is 12.8. The molecule has 2 aromatic rings. The highest BCUT2D eigenvalue weighted by molar-refractivity contribution is 6.04. The smallest absolute Gasteiger partial charge is 0.265 e. The Balaban J connectivity index is 2.16. The van der Waals surface area contributed by atoms with Crippen molar-refractivity contribution < 1.29 is 14.3 Å². The summed E-state index contributed by atoms with van der Waals surface area (Å²) in [4.78, 5) is 25.4. The van der Waals surface area contributed by atoms with Crippen molar-refractivity contribution in [3.05, 3.63) is 59.2 Å². The molecular formula is C23H30N2O3. The van der Waals surface area contributed by atoms with Crippen molar-refractivity contribution in [1.29, 1.82) is 0 Å². The summed E-state index contributed by atoms with van der Waals surface area (Å²) >= 11 is 0. The van der Waals surface area contributed by atoms with Gasteiger partial charge in [0, 0.05) is 6.04 Å². The molecule has 0 aliphatic carbocycles. The Kier molecular flexibility index (Phi) is 7.61. The highest BCUT2D eigenvalue weighted by Gasteiger charge is 2.22. The zero-order valence-corrected chi connectivity index (χ0v) is 17.3. The van der Waals surface area contributed by atoms with Gasteiger partial charge in [0.25, 0.3) is 11.8 Å². The number of carbonyl (C=O) groups excluding carboxylic acids is 2. The van der Waals surface area contributed by atoms with E-state index < -0.39 is 6.10 Å². The van der Waals surface area contributed by atoms with Crippen molar-refractivity contribution in [2.75, 3.05) is 5.32 Å². The summed E-state index contributed by atoms with van der Waals surface area (Å²) in [5.74, 6) is 0.228. The van der Waals surface area contributed by atoms with E-state index in [-0.39, 0.29) is 17.9 Å². The molecule has 5 heteroatoms. The topological polar surface area (TPSA) is 67.4 Å². The molecule has 0 aliphatic heterocycles. The molecule has 2 atom stereocenters. The summed E-state index contributed by atoms with van der Waals surface area (Å²) < 4.78 is 5.98. The van der Waals surface area contributed by atoms with E-state index in [1.807, 2.05) is 52.8 Å². The quantitative estimate of drug-likeness (QED) is 0.699. The van der Waals surface area contributed by atoms with Gasteiger partial charge in [-0.2, -0.15) is 0 Å². The zero-order chi connectivity index (χ0) is 20.7. The molecule has 0 aromatic heterocycles. The first-order chi connectivity index (χ1) is 13.4. The van der Waals surface area contributed by atoms with E-state index in [1.165, 1.54) is 0 Å². The monoisotopic (exact) mass is 382 g/mol. The molecular weight excluding hydrogens is 352 g/mol. The maximum Gasteiger partial charge on any atom is 0.265 e. The molecule has 0 fully saturated rings. The lowest BCUT2D eigenvalue weighted by Crippen LogP contribution is -2.35. The van der Waals surface area contributed by atoms with Gasteiger partial charge in [0.05, 0.1) is 11.3 Å². The van der Waals surface area contributed by atoms with Crippen LogP contribution in [0.25, 0.3) is 0 Å². The minimum Gasteiger partial charge on any atom is -0.480 e. The maximum absolute atomic E-state index is 12.8. The van der Waals surface area contributed by atoms with Crippen LogP contribution in [0.5, 0.6) is 5.75 Å². The Morgan fingerprint density at radius 3 is 2.39 bits per heavy atom. The van der Waals surface area contributed by atoms with Gasteiger partial charge in [-0.25, -0.2) is 0 Å². The molecule has 0 saturated carbocycles. The number of amides is 2. The van der Waals surface area contributed by atoms with Gasteiger partial charge in [0.1, 0.15) is 5.75 Å². The number of nitrogens with one attached hydrogen (secondary N) is 2. The van der Waals surface area contributed by atoms with E-state index in [0.29, 0.717) is 23.4 Å². The van der Waals surface area contributed by atoms with Crippen LogP contribution in [-0.4, -0.2) is 24.0 Å². The van der Waals surface area contributed by atoms with Crippen LogP contribution in [0.3, 0.4) is 0 Å². The van der Waals surface area contributed by atoms with Crippen LogP contribution in [0.15, 0.2) is 42.5 Å². The third-order valence-electron chi connectivity index (χ3n) is 4.91. The van der Waals surface area contributed by atoms with E-state index in [9.17, 15) is 9.59 Å². The minimum absolute atomic E-state index is 0.0623. The van der Waals surface area contributed by atoms with Gasteiger partial charge in [-0.1, -0.05) is 38.1 Å². The van der Waals surface area contributed by atoms with Crippen LogP contribution < -0.4 is 15.4 Å². The summed E-state index contributed by atoms with van der Waals surface area (Å²) in [5, 5.41) is 5.80. The Hall–Kier alpha value is -2.82. The molecule has 0 heterocycles. The van der Waals surface area contributed by atoms with Gasteiger partial charge in [0.2, 0.25) is 0 Å². The number of ether oxygens (including phenoxy) is 1. The zero-order valence-electron chi connectivity index (χ0n) is 17.3.